The maximum Gasteiger partial charge on any atom is 0.338 e. The molecule has 1 unspecified atom stereocenters. The second-order valence-corrected chi connectivity index (χ2v) is 9.55. The van der Waals surface area contributed by atoms with Gasteiger partial charge in [0.2, 0.25) is 10.0 Å². The monoisotopic (exact) mass is 460 g/mol. The number of sulfonamides is 1. The van der Waals surface area contributed by atoms with Gasteiger partial charge in [0.05, 0.1) is 23.7 Å². The number of carbonyl (C=O) groups is 2. The van der Waals surface area contributed by atoms with Crippen molar-refractivity contribution in [3.8, 4) is 0 Å². The maximum absolute atomic E-state index is 12.6. The van der Waals surface area contributed by atoms with Crippen molar-refractivity contribution in [3.05, 3.63) is 65.7 Å². The minimum Gasteiger partial charge on any atom is -0.452 e. The zero-order valence-corrected chi connectivity index (χ0v) is 18.8. The fourth-order valence-electron chi connectivity index (χ4n) is 3.33. The average Bonchev–Trinajstić information content (AvgIpc) is 2.82. The fraction of sp³-hybridized carbons (Fsp3) is 0.391. The highest BCUT2D eigenvalue weighted by Gasteiger charge is 2.26. The molecule has 1 saturated heterocycles. The number of rotatable bonds is 9. The lowest BCUT2D eigenvalue weighted by molar-refractivity contribution is -0.124. The van der Waals surface area contributed by atoms with E-state index in [1.807, 2.05) is 37.3 Å². The number of hydrogen-bond donors (Lipinski definition) is 1. The molecular formula is C23H28N2O6S. The molecule has 1 heterocycles. The molecule has 32 heavy (non-hydrogen) atoms. The van der Waals surface area contributed by atoms with Crippen LogP contribution in [0.1, 0.15) is 29.3 Å². The average molecular weight is 461 g/mol. The first-order valence-corrected chi connectivity index (χ1v) is 12.0. The van der Waals surface area contributed by atoms with E-state index in [9.17, 15) is 18.0 Å². The molecule has 0 bridgehead atoms. The van der Waals surface area contributed by atoms with Gasteiger partial charge in [-0.2, -0.15) is 4.31 Å². The second-order valence-electron chi connectivity index (χ2n) is 7.61. The number of benzene rings is 2. The highest BCUT2D eigenvalue weighted by Crippen LogP contribution is 2.18. The number of aryl methyl sites for hydroxylation is 1. The van der Waals surface area contributed by atoms with Gasteiger partial charge in [0.25, 0.3) is 5.91 Å². The summed E-state index contributed by atoms with van der Waals surface area (Å²) in [5, 5.41) is 2.81. The van der Waals surface area contributed by atoms with Gasteiger partial charge < -0.3 is 14.8 Å². The van der Waals surface area contributed by atoms with Crippen LogP contribution in [0, 0.1) is 0 Å². The Hall–Kier alpha value is -2.75. The zero-order valence-electron chi connectivity index (χ0n) is 18.0. The predicted molar refractivity (Wildman–Crippen MR) is 119 cm³/mol. The summed E-state index contributed by atoms with van der Waals surface area (Å²) in [6, 6.07) is 15.4. The molecule has 1 aliphatic heterocycles. The molecule has 0 aromatic heterocycles. The third kappa shape index (κ3) is 6.62. The third-order valence-electron chi connectivity index (χ3n) is 5.15. The Morgan fingerprint density at radius 3 is 2.38 bits per heavy atom. The maximum atomic E-state index is 12.6. The molecule has 1 atom stereocenters. The first-order valence-electron chi connectivity index (χ1n) is 10.5. The molecular weight excluding hydrogens is 432 g/mol. The lowest BCUT2D eigenvalue weighted by Gasteiger charge is -2.26. The topological polar surface area (TPSA) is 102 Å². The van der Waals surface area contributed by atoms with Gasteiger partial charge in [0, 0.05) is 19.1 Å². The van der Waals surface area contributed by atoms with Gasteiger partial charge in [-0.05, 0) is 49.6 Å². The summed E-state index contributed by atoms with van der Waals surface area (Å²) in [5.74, 6) is -1.07. The second kappa shape index (κ2) is 11.2. The molecule has 0 saturated carbocycles. The van der Waals surface area contributed by atoms with Gasteiger partial charge in [-0.1, -0.05) is 30.3 Å². The SMILES string of the molecule is CC(CCc1ccccc1)NC(=O)COC(=O)c1ccc(S(=O)(=O)N2CCOCC2)cc1. The van der Waals surface area contributed by atoms with Crippen molar-refractivity contribution in [3.63, 3.8) is 0 Å². The van der Waals surface area contributed by atoms with Crippen LogP contribution in [0.4, 0.5) is 0 Å². The zero-order chi connectivity index (χ0) is 23.0. The Morgan fingerprint density at radius 2 is 1.72 bits per heavy atom. The molecule has 172 valence electrons. The number of hydrogen-bond acceptors (Lipinski definition) is 6. The summed E-state index contributed by atoms with van der Waals surface area (Å²) in [5.41, 5.74) is 1.37. The first kappa shape index (κ1) is 23.9. The Kier molecular flexibility index (Phi) is 8.38. The Balaban J connectivity index is 1.45. The van der Waals surface area contributed by atoms with Crippen LogP contribution < -0.4 is 5.32 Å². The number of amides is 1. The van der Waals surface area contributed by atoms with Gasteiger partial charge in [-0.15, -0.1) is 0 Å². The van der Waals surface area contributed by atoms with E-state index >= 15 is 0 Å². The van der Waals surface area contributed by atoms with E-state index in [0.29, 0.717) is 26.3 Å². The molecule has 1 N–H and O–H groups in total. The van der Waals surface area contributed by atoms with Crippen LogP contribution in [-0.2, 0) is 30.7 Å². The number of carbonyl (C=O) groups excluding carboxylic acids is 2. The van der Waals surface area contributed by atoms with Crippen molar-refractivity contribution in [2.75, 3.05) is 32.9 Å². The van der Waals surface area contributed by atoms with Crippen molar-refractivity contribution in [2.45, 2.75) is 30.7 Å². The molecule has 8 nitrogen and oxygen atoms in total. The van der Waals surface area contributed by atoms with Crippen molar-refractivity contribution >= 4 is 21.9 Å². The fourth-order valence-corrected chi connectivity index (χ4v) is 4.74. The lowest BCUT2D eigenvalue weighted by Crippen LogP contribution is -2.40. The van der Waals surface area contributed by atoms with E-state index in [-0.39, 0.29) is 22.4 Å². The number of esters is 1. The van der Waals surface area contributed by atoms with Crippen LogP contribution in [0.3, 0.4) is 0 Å². The number of nitrogens with zero attached hydrogens (tertiary/aromatic N) is 1. The highest BCUT2D eigenvalue weighted by molar-refractivity contribution is 7.89. The number of morpholine rings is 1. The minimum absolute atomic E-state index is 0.0638. The van der Waals surface area contributed by atoms with E-state index in [0.717, 1.165) is 12.8 Å². The Morgan fingerprint density at radius 1 is 1.06 bits per heavy atom. The van der Waals surface area contributed by atoms with Crippen molar-refractivity contribution in [1.82, 2.24) is 9.62 Å². The summed E-state index contributed by atoms with van der Waals surface area (Å²) < 4.78 is 36.9. The summed E-state index contributed by atoms with van der Waals surface area (Å²) in [7, 11) is -3.63. The number of ether oxygens (including phenoxy) is 2. The standard InChI is InChI=1S/C23H28N2O6S/c1-18(7-8-19-5-3-2-4-6-19)24-22(26)17-31-23(27)20-9-11-21(12-10-20)32(28,29)25-13-15-30-16-14-25/h2-6,9-12,18H,7-8,13-17H2,1H3,(H,24,26). The molecule has 0 spiro atoms. The summed E-state index contributed by atoms with van der Waals surface area (Å²) in [6.45, 7) is 2.81. The largest absolute Gasteiger partial charge is 0.452 e. The predicted octanol–water partition coefficient (Wildman–Crippen LogP) is 2.00. The summed E-state index contributed by atoms with van der Waals surface area (Å²) in [6.07, 6.45) is 1.60. The van der Waals surface area contributed by atoms with Gasteiger partial charge in [0.1, 0.15) is 0 Å². The molecule has 1 aliphatic rings. The van der Waals surface area contributed by atoms with E-state index in [4.69, 9.17) is 9.47 Å². The van der Waals surface area contributed by atoms with Crippen LogP contribution in [0.2, 0.25) is 0 Å². The molecule has 3 rings (SSSR count). The summed E-state index contributed by atoms with van der Waals surface area (Å²) in [4.78, 5) is 24.4. The van der Waals surface area contributed by atoms with E-state index < -0.39 is 22.6 Å². The quantitative estimate of drug-likeness (QED) is 0.575. The molecule has 1 amide bonds. The highest BCUT2D eigenvalue weighted by atomic mass is 32.2. The van der Waals surface area contributed by atoms with Crippen molar-refractivity contribution in [2.24, 2.45) is 0 Å². The molecule has 2 aromatic carbocycles. The van der Waals surface area contributed by atoms with E-state index in [2.05, 4.69) is 5.32 Å². The Bertz CT molecular complexity index is 1000. The van der Waals surface area contributed by atoms with Gasteiger partial charge in [-0.3, -0.25) is 4.79 Å². The van der Waals surface area contributed by atoms with Crippen LogP contribution in [0.5, 0.6) is 0 Å². The van der Waals surface area contributed by atoms with Crippen LogP contribution in [-0.4, -0.2) is 63.6 Å². The minimum atomic E-state index is -3.63. The third-order valence-corrected chi connectivity index (χ3v) is 7.06. The van der Waals surface area contributed by atoms with Crippen LogP contribution in [0.25, 0.3) is 0 Å². The van der Waals surface area contributed by atoms with Gasteiger partial charge in [0.15, 0.2) is 6.61 Å². The van der Waals surface area contributed by atoms with Gasteiger partial charge in [-0.25, -0.2) is 13.2 Å². The molecule has 1 fully saturated rings. The molecule has 2 aromatic rings. The molecule has 9 heteroatoms. The lowest BCUT2D eigenvalue weighted by atomic mass is 10.1. The normalized spacial score (nSPS) is 15.7. The van der Waals surface area contributed by atoms with Crippen molar-refractivity contribution < 1.29 is 27.5 Å². The van der Waals surface area contributed by atoms with Crippen molar-refractivity contribution in [1.29, 1.82) is 0 Å². The summed E-state index contributed by atoms with van der Waals surface area (Å²) >= 11 is 0. The Labute approximate surface area is 188 Å². The smallest absolute Gasteiger partial charge is 0.338 e. The molecule has 0 aliphatic carbocycles. The van der Waals surface area contributed by atoms with E-state index in [1.54, 1.807) is 0 Å². The van der Waals surface area contributed by atoms with Gasteiger partial charge >= 0.3 is 5.97 Å². The first-order chi connectivity index (χ1) is 15.4. The van der Waals surface area contributed by atoms with Crippen LogP contribution in [0.15, 0.2) is 59.5 Å². The van der Waals surface area contributed by atoms with Crippen LogP contribution >= 0.6 is 0 Å². The number of nitrogens with one attached hydrogen (secondary N) is 1. The molecule has 0 radical (unpaired) electrons. The van der Waals surface area contributed by atoms with E-state index in [1.165, 1.54) is 34.1 Å².